The van der Waals surface area contributed by atoms with Gasteiger partial charge in [0.15, 0.2) is 0 Å². The highest BCUT2D eigenvalue weighted by molar-refractivity contribution is 5.79. The fourth-order valence-corrected chi connectivity index (χ4v) is 4.20. The van der Waals surface area contributed by atoms with Crippen LogP contribution in [-0.4, -0.2) is 42.4 Å². The Morgan fingerprint density at radius 3 is 2.52 bits per heavy atom. The smallest absolute Gasteiger partial charge is 0.248 e. The highest BCUT2D eigenvalue weighted by Gasteiger charge is 2.40. The first-order valence-corrected chi connectivity index (χ1v) is 8.45. The zero-order chi connectivity index (χ0) is 14.9. The van der Waals surface area contributed by atoms with Gasteiger partial charge in [-0.25, -0.2) is 8.78 Å². The Labute approximate surface area is 125 Å². The molecule has 120 valence electrons. The summed E-state index contributed by atoms with van der Waals surface area (Å²) in [4.78, 5) is 14.5. The molecule has 0 spiro atoms. The zero-order valence-corrected chi connectivity index (χ0v) is 12.6. The minimum absolute atomic E-state index is 0.120. The van der Waals surface area contributed by atoms with Gasteiger partial charge in [-0.3, -0.25) is 4.79 Å². The van der Waals surface area contributed by atoms with Crippen LogP contribution in [0.3, 0.4) is 0 Å². The molecule has 3 nitrogen and oxygen atoms in total. The first-order chi connectivity index (χ1) is 10.1. The summed E-state index contributed by atoms with van der Waals surface area (Å²) in [5, 5.41) is 3.54. The van der Waals surface area contributed by atoms with Crippen molar-refractivity contribution in [2.75, 3.05) is 19.6 Å². The molecule has 2 atom stereocenters. The lowest BCUT2D eigenvalue weighted by molar-refractivity contribution is -0.141. The van der Waals surface area contributed by atoms with Crippen LogP contribution in [0.5, 0.6) is 0 Å². The van der Waals surface area contributed by atoms with E-state index in [-0.39, 0.29) is 24.7 Å². The number of carbonyl (C=O) groups is 1. The van der Waals surface area contributed by atoms with Gasteiger partial charge in [-0.15, -0.1) is 0 Å². The Bertz CT molecular complexity index is 372. The Morgan fingerprint density at radius 1 is 1.10 bits per heavy atom. The van der Waals surface area contributed by atoms with Gasteiger partial charge < -0.3 is 10.2 Å². The molecule has 0 bridgehead atoms. The molecule has 1 amide bonds. The highest BCUT2D eigenvalue weighted by Crippen LogP contribution is 2.37. The summed E-state index contributed by atoms with van der Waals surface area (Å²) in [6.45, 7) is 2.73. The van der Waals surface area contributed by atoms with Crippen molar-refractivity contribution in [2.24, 2.45) is 11.8 Å². The molecule has 3 fully saturated rings. The summed E-state index contributed by atoms with van der Waals surface area (Å²) in [7, 11) is 0. The zero-order valence-electron chi connectivity index (χ0n) is 12.6. The number of alkyl halides is 2. The van der Waals surface area contributed by atoms with E-state index in [1.165, 1.54) is 19.3 Å². The van der Waals surface area contributed by atoms with Crippen LogP contribution in [-0.2, 0) is 4.79 Å². The fraction of sp³-hybridized carbons (Fsp3) is 0.938. The van der Waals surface area contributed by atoms with E-state index in [2.05, 4.69) is 5.32 Å². The second-order valence-electron chi connectivity index (χ2n) is 7.02. The van der Waals surface area contributed by atoms with Crippen LogP contribution in [0, 0.1) is 11.8 Å². The molecule has 0 aromatic heterocycles. The first kappa shape index (κ1) is 15.2. The number of nitrogens with one attached hydrogen (secondary N) is 1. The number of piperidine rings is 1. The third kappa shape index (κ3) is 3.55. The van der Waals surface area contributed by atoms with E-state index in [9.17, 15) is 13.6 Å². The molecule has 1 N–H and O–H groups in total. The minimum atomic E-state index is -2.55. The van der Waals surface area contributed by atoms with E-state index in [1.807, 2.05) is 4.90 Å². The average molecular weight is 300 g/mol. The van der Waals surface area contributed by atoms with Gasteiger partial charge in [0, 0.05) is 37.9 Å². The summed E-state index contributed by atoms with van der Waals surface area (Å²) < 4.78 is 26.4. The summed E-state index contributed by atoms with van der Waals surface area (Å²) >= 11 is 0. The standard InChI is InChI=1S/C16H26F2N2O/c17-16(18)7-5-12(6-8-16)15(21)20-10-2-3-13(11-20)14-4-1-9-19-14/h12-14,19H,1-11H2. The number of nitrogens with zero attached hydrogens (tertiary/aromatic N) is 1. The van der Waals surface area contributed by atoms with Gasteiger partial charge in [-0.1, -0.05) is 0 Å². The number of halogens is 2. The number of amides is 1. The van der Waals surface area contributed by atoms with Crippen LogP contribution in [0.15, 0.2) is 0 Å². The normalized spacial score (nSPS) is 34.1. The highest BCUT2D eigenvalue weighted by atomic mass is 19.3. The second-order valence-corrected chi connectivity index (χ2v) is 7.02. The van der Waals surface area contributed by atoms with Gasteiger partial charge >= 0.3 is 0 Å². The third-order valence-electron chi connectivity index (χ3n) is 5.50. The summed E-state index contributed by atoms with van der Waals surface area (Å²) in [5.41, 5.74) is 0. The van der Waals surface area contributed by atoms with Crippen molar-refractivity contribution in [1.29, 1.82) is 0 Å². The van der Waals surface area contributed by atoms with Gasteiger partial charge in [0.05, 0.1) is 0 Å². The quantitative estimate of drug-likeness (QED) is 0.850. The number of carbonyl (C=O) groups excluding carboxylic acids is 1. The molecule has 1 saturated carbocycles. The largest absolute Gasteiger partial charge is 0.342 e. The van der Waals surface area contributed by atoms with Gasteiger partial charge in [0.1, 0.15) is 0 Å². The van der Waals surface area contributed by atoms with Crippen molar-refractivity contribution >= 4 is 5.91 Å². The van der Waals surface area contributed by atoms with Crippen molar-refractivity contribution < 1.29 is 13.6 Å². The molecule has 2 saturated heterocycles. The molecule has 3 aliphatic rings. The Hall–Kier alpha value is -0.710. The number of rotatable bonds is 2. The molecule has 0 aromatic carbocycles. The summed E-state index contributed by atoms with van der Waals surface area (Å²) in [5.74, 6) is -2.03. The molecule has 21 heavy (non-hydrogen) atoms. The van der Waals surface area contributed by atoms with Gasteiger partial charge in [0.25, 0.3) is 0 Å². The molecule has 1 aliphatic carbocycles. The average Bonchev–Trinajstić information content (AvgIpc) is 3.01. The van der Waals surface area contributed by atoms with Crippen LogP contribution < -0.4 is 5.32 Å². The van der Waals surface area contributed by atoms with Crippen molar-refractivity contribution in [1.82, 2.24) is 10.2 Å². The van der Waals surface area contributed by atoms with Gasteiger partial charge in [0.2, 0.25) is 11.8 Å². The lowest BCUT2D eigenvalue weighted by Gasteiger charge is -2.38. The van der Waals surface area contributed by atoms with Crippen molar-refractivity contribution in [3.8, 4) is 0 Å². The lowest BCUT2D eigenvalue weighted by Crippen LogP contribution is -2.48. The van der Waals surface area contributed by atoms with E-state index in [0.29, 0.717) is 24.8 Å². The van der Waals surface area contributed by atoms with Crippen LogP contribution >= 0.6 is 0 Å². The number of likely N-dealkylation sites (tertiary alicyclic amines) is 1. The molecule has 5 heteroatoms. The second kappa shape index (κ2) is 6.19. The molecule has 2 aliphatic heterocycles. The van der Waals surface area contributed by atoms with Crippen molar-refractivity contribution in [3.63, 3.8) is 0 Å². The van der Waals surface area contributed by atoms with Crippen molar-refractivity contribution in [2.45, 2.75) is 63.3 Å². The summed E-state index contributed by atoms with van der Waals surface area (Å²) in [6, 6.07) is 0.552. The molecule has 2 heterocycles. The predicted molar refractivity (Wildman–Crippen MR) is 77.2 cm³/mol. The Kier molecular flexibility index (Phi) is 4.48. The number of hydrogen-bond acceptors (Lipinski definition) is 2. The Morgan fingerprint density at radius 2 is 1.86 bits per heavy atom. The lowest BCUT2D eigenvalue weighted by atomic mass is 9.84. The van der Waals surface area contributed by atoms with E-state index >= 15 is 0 Å². The molecular formula is C16H26F2N2O. The van der Waals surface area contributed by atoms with E-state index < -0.39 is 5.92 Å². The SMILES string of the molecule is O=C(C1CCC(F)(F)CC1)N1CCCC(C2CCCN2)C1. The van der Waals surface area contributed by atoms with E-state index in [1.54, 1.807) is 0 Å². The molecule has 0 radical (unpaired) electrons. The van der Waals surface area contributed by atoms with Crippen LogP contribution in [0.1, 0.15) is 51.4 Å². The maximum atomic E-state index is 13.2. The maximum Gasteiger partial charge on any atom is 0.248 e. The Balaban J connectivity index is 1.54. The van der Waals surface area contributed by atoms with Gasteiger partial charge in [-0.2, -0.15) is 0 Å². The van der Waals surface area contributed by atoms with Crippen molar-refractivity contribution in [3.05, 3.63) is 0 Å². The van der Waals surface area contributed by atoms with Crippen LogP contribution in [0.4, 0.5) is 8.78 Å². The molecule has 0 aromatic rings. The van der Waals surface area contributed by atoms with Gasteiger partial charge in [-0.05, 0) is 51.0 Å². The third-order valence-corrected chi connectivity index (χ3v) is 5.50. The molecule has 2 unspecified atom stereocenters. The van der Waals surface area contributed by atoms with Crippen LogP contribution in [0.25, 0.3) is 0 Å². The van der Waals surface area contributed by atoms with E-state index in [0.717, 1.165) is 26.1 Å². The first-order valence-electron chi connectivity index (χ1n) is 8.45. The summed E-state index contributed by atoms with van der Waals surface area (Å²) in [6.07, 6.45) is 5.15. The van der Waals surface area contributed by atoms with E-state index in [4.69, 9.17) is 0 Å². The number of hydrogen-bond donors (Lipinski definition) is 1. The topological polar surface area (TPSA) is 32.3 Å². The fourth-order valence-electron chi connectivity index (χ4n) is 4.20. The molecular weight excluding hydrogens is 274 g/mol. The minimum Gasteiger partial charge on any atom is -0.342 e. The maximum absolute atomic E-state index is 13.2. The predicted octanol–water partition coefficient (Wildman–Crippen LogP) is 2.80. The monoisotopic (exact) mass is 300 g/mol. The van der Waals surface area contributed by atoms with Crippen LogP contribution in [0.2, 0.25) is 0 Å². The molecule has 3 rings (SSSR count).